The van der Waals surface area contributed by atoms with Gasteiger partial charge in [0.15, 0.2) is 0 Å². The lowest BCUT2D eigenvalue weighted by molar-refractivity contribution is -0.158. The average Bonchev–Trinajstić information content (AvgIpc) is 2.53. The Bertz CT molecular complexity index is 491. The van der Waals surface area contributed by atoms with Gasteiger partial charge in [-0.15, -0.1) is 0 Å². The molecule has 0 saturated carbocycles. The number of nitrogens with one attached hydrogen (secondary N) is 2. The van der Waals surface area contributed by atoms with E-state index < -0.39 is 40.4 Å². The minimum Gasteiger partial charge on any atom is -0.464 e. The SMILES string of the molecule is CCOC(=O)C(Cl)NC(=O)C(C)(C)C.CCOC(=O)C(O)NC(=O)C(C)(C)C. The Kier molecular flexibility index (Phi) is 12.7. The molecule has 2 unspecified atom stereocenters. The average molecular weight is 425 g/mol. The predicted molar refractivity (Wildman–Crippen MR) is 104 cm³/mol. The normalized spacial score (nSPS) is 13.2. The van der Waals surface area contributed by atoms with Crippen LogP contribution in [-0.4, -0.2) is 53.8 Å². The molecule has 10 heteroatoms. The number of esters is 2. The molecule has 0 aromatic heterocycles. The number of carbonyl (C=O) groups is 4. The van der Waals surface area contributed by atoms with E-state index in [2.05, 4.69) is 20.1 Å². The molecule has 0 saturated heterocycles. The largest absolute Gasteiger partial charge is 0.464 e. The number of halogens is 1. The van der Waals surface area contributed by atoms with Crippen molar-refractivity contribution in [3.8, 4) is 0 Å². The Morgan fingerprint density at radius 1 is 0.821 bits per heavy atom. The number of aliphatic hydroxyl groups is 1. The van der Waals surface area contributed by atoms with E-state index in [0.29, 0.717) is 0 Å². The third-order valence-corrected chi connectivity index (χ3v) is 3.18. The van der Waals surface area contributed by atoms with Gasteiger partial charge in [-0.3, -0.25) is 9.59 Å². The fraction of sp³-hybridized carbons (Fsp3) is 0.778. The molecule has 0 heterocycles. The number of amides is 2. The molecule has 0 aromatic carbocycles. The summed E-state index contributed by atoms with van der Waals surface area (Å²) in [5.41, 5.74) is -2.32. The van der Waals surface area contributed by atoms with Crippen LogP contribution in [0.2, 0.25) is 0 Å². The molecule has 2 amide bonds. The van der Waals surface area contributed by atoms with Crippen molar-refractivity contribution in [1.82, 2.24) is 10.6 Å². The molecule has 0 aliphatic carbocycles. The summed E-state index contributed by atoms with van der Waals surface area (Å²) in [4.78, 5) is 44.6. The van der Waals surface area contributed by atoms with Crippen molar-refractivity contribution in [2.24, 2.45) is 10.8 Å². The summed E-state index contributed by atoms with van der Waals surface area (Å²) in [6.07, 6.45) is -1.58. The first-order valence-electron chi connectivity index (χ1n) is 8.85. The van der Waals surface area contributed by atoms with Gasteiger partial charge < -0.3 is 25.2 Å². The number of aliphatic hydroxyl groups excluding tert-OH is 1. The first kappa shape index (κ1) is 28.3. The van der Waals surface area contributed by atoms with Gasteiger partial charge in [0.25, 0.3) is 0 Å². The first-order chi connectivity index (χ1) is 12.6. The van der Waals surface area contributed by atoms with Gasteiger partial charge >= 0.3 is 11.9 Å². The van der Waals surface area contributed by atoms with Crippen LogP contribution in [0.4, 0.5) is 0 Å². The fourth-order valence-corrected chi connectivity index (χ4v) is 1.39. The molecule has 0 radical (unpaired) electrons. The molecule has 0 aromatic rings. The van der Waals surface area contributed by atoms with Crippen molar-refractivity contribution in [1.29, 1.82) is 0 Å². The highest BCUT2D eigenvalue weighted by Gasteiger charge is 2.27. The van der Waals surface area contributed by atoms with Gasteiger partial charge in [-0.05, 0) is 13.8 Å². The summed E-state index contributed by atoms with van der Waals surface area (Å²) in [7, 11) is 0. The highest BCUT2D eigenvalue weighted by molar-refractivity contribution is 6.30. The van der Waals surface area contributed by atoms with E-state index in [9.17, 15) is 24.3 Å². The van der Waals surface area contributed by atoms with Crippen LogP contribution >= 0.6 is 11.6 Å². The number of hydrogen-bond donors (Lipinski definition) is 3. The van der Waals surface area contributed by atoms with Crippen LogP contribution < -0.4 is 10.6 Å². The zero-order chi connectivity index (χ0) is 22.7. The lowest BCUT2D eigenvalue weighted by Gasteiger charge is -2.19. The highest BCUT2D eigenvalue weighted by atomic mass is 35.5. The van der Waals surface area contributed by atoms with Crippen molar-refractivity contribution in [3.05, 3.63) is 0 Å². The van der Waals surface area contributed by atoms with Gasteiger partial charge in [0.05, 0.1) is 13.2 Å². The Morgan fingerprint density at radius 2 is 1.18 bits per heavy atom. The summed E-state index contributed by atoms with van der Waals surface area (Å²) in [6.45, 7) is 13.9. The van der Waals surface area contributed by atoms with Crippen molar-refractivity contribution in [3.63, 3.8) is 0 Å². The van der Waals surface area contributed by atoms with Gasteiger partial charge in [-0.1, -0.05) is 53.1 Å². The second-order valence-electron chi connectivity index (χ2n) is 7.72. The number of ether oxygens (including phenoxy) is 2. The lowest BCUT2D eigenvalue weighted by Crippen LogP contribution is -2.46. The molecule has 0 spiro atoms. The van der Waals surface area contributed by atoms with Gasteiger partial charge in [-0.25, -0.2) is 9.59 Å². The maximum atomic E-state index is 11.4. The van der Waals surface area contributed by atoms with Crippen LogP contribution in [0.1, 0.15) is 55.4 Å². The molecular weight excluding hydrogens is 392 g/mol. The summed E-state index contributed by atoms with van der Waals surface area (Å²) >= 11 is 5.60. The molecule has 0 aliphatic heterocycles. The maximum Gasteiger partial charge on any atom is 0.356 e. The van der Waals surface area contributed by atoms with Gasteiger partial charge in [0.2, 0.25) is 23.5 Å². The second kappa shape index (κ2) is 12.6. The molecule has 28 heavy (non-hydrogen) atoms. The zero-order valence-electron chi connectivity index (χ0n) is 17.8. The molecule has 0 fully saturated rings. The first-order valence-corrected chi connectivity index (χ1v) is 9.28. The smallest absolute Gasteiger partial charge is 0.356 e. The quantitative estimate of drug-likeness (QED) is 0.253. The predicted octanol–water partition coefficient (Wildman–Crippen LogP) is 1.31. The molecule has 164 valence electrons. The van der Waals surface area contributed by atoms with Crippen LogP contribution in [-0.2, 0) is 28.7 Å². The van der Waals surface area contributed by atoms with E-state index in [4.69, 9.17) is 11.6 Å². The van der Waals surface area contributed by atoms with Crippen LogP contribution in [0.5, 0.6) is 0 Å². The van der Waals surface area contributed by atoms with Crippen LogP contribution in [0.15, 0.2) is 0 Å². The van der Waals surface area contributed by atoms with Crippen LogP contribution in [0, 0.1) is 10.8 Å². The molecule has 9 nitrogen and oxygen atoms in total. The van der Waals surface area contributed by atoms with Crippen molar-refractivity contribution in [2.45, 2.75) is 67.1 Å². The lowest BCUT2D eigenvalue weighted by atomic mass is 9.96. The minimum absolute atomic E-state index is 0.168. The molecule has 3 N–H and O–H groups in total. The van der Waals surface area contributed by atoms with Crippen molar-refractivity contribution in [2.75, 3.05) is 13.2 Å². The zero-order valence-corrected chi connectivity index (χ0v) is 18.6. The topological polar surface area (TPSA) is 131 Å². The molecule has 0 rings (SSSR count). The number of hydrogen-bond acceptors (Lipinski definition) is 7. The third-order valence-electron chi connectivity index (χ3n) is 2.89. The molecule has 0 aliphatic rings. The summed E-state index contributed by atoms with van der Waals surface area (Å²) in [5.74, 6) is -2.17. The molecular formula is C18H33ClN2O7. The van der Waals surface area contributed by atoms with E-state index in [1.165, 1.54) is 0 Å². The molecule has 0 bridgehead atoms. The Morgan fingerprint density at radius 3 is 1.54 bits per heavy atom. The standard InChI is InChI=1S/C9H16ClNO3.C9H17NO4/c1-5-14-7(12)6(10)11-8(13)9(2,3)4;1-5-14-7(12)6(11)10-8(13)9(2,3)4/h6H,5H2,1-4H3,(H,11,13);6,11H,5H2,1-4H3,(H,10,13). The number of alkyl halides is 1. The highest BCUT2D eigenvalue weighted by Crippen LogP contribution is 2.14. The molecule has 2 atom stereocenters. The van der Waals surface area contributed by atoms with Crippen LogP contribution in [0.3, 0.4) is 0 Å². The van der Waals surface area contributed by atoms with Gasteiger partial charge in [-0.2, -0.15) is 0 Å². The summed E-state index contributed by atoms with van der Waals surface area (Å²) < 4.78 is 9.15. The van der Waals surface area contributed by atoms with Gasteiger partial charge in [0, 0.05) is 10.8 Å². The van der Waals surface area contributed by atoms with E-state index >= 15 is 0 Å². The monoisotopic (exact) mass is 424 g/mol. The van der Waals surface area contributed by atoms with E-state index in [-0.39, 0.29) is 19.1 Å². The summed E-state index contributed by atoms with van der Waals surface area (Å²) in [6, 6.07) is 0. The summed E-state index contributed by atoms with van der Waals surface area (Å²) in [5, 5.41) is 13.7. The fourth-order valence-electron chi connectivity index (χ4n) is 1.23. The van der Waals surface area contributed by atoms with E-state index in [1.807, 2.05) is 0 Å². The van der Waals surface area contributed by atoms with Crippen LogP contribution in [0.25, 0.3) is 0 Å². The Balaban J connectivity index is 0. The van der Waals surface area contributed by atoms with Crippen molar-refractivity contribution >= 4 is 35.4 Å². The van der Waals surface area contributed by atoms with Gasteiger partial charge in [0.1, 0.15) is 0 Å². The third kappa shape index (κ3) is 12.5. The Hall–Kier alpha value is -1.87. The Labute approximate surface area is 171 Å². The number of carbonyl (C=O) groups excluding carboxylic acids is 4. The van der Waals surface area contributed by atoms with Crippen molar-refractivity contribution < 1.29 is 33.8 Å². The maximum absolute atomic E-state index is 11.4. The van der Waals surface area contributed by atoms with E-state index in [1.54, 1.807) is 55.4 Å². The number of rotatable bonds is 6. The van der Waals surface area contributed by atoms with E-state index in [0.717, 1.165) is 0 Å². The second-order valence-corrected chi connectivity index (χ2v) is 8.15. The minimum atomic E-state index is -1.58.